The van der Waals surface area contributed by atoms with Crippen LogP contribution in [0.5, 0.6) is 0 Å². The summed E-state index contributed by atoms with van der Waals surface area (Å²) in [5.41, 5.74) is 0. The van der Waals surface area contributed by atoms with Crippen molar-refractivity contribution in [2.75, 3.05) is 25.1 Å². The Morgan fingerprint density at radius 3 is 3.00 bits per heavy atom. The SMILES string of the molecule is CCNc1nc(CCOCC)nc2sccc12. The maximum atomic E-state index is 5.33. The molecular weight excluding hydrogens is 234 g/mol. The Balaban J connectivity index is 2.24. The van der Waals surface area contributed by atoms with Crippen LogP contribution in [0.1, 0.15) is 19.7 Å². The van der Waals surface area contributed by atoms with Gasteiger partial charge in [0.15, 0.2) is 0 Å². The van der Waals surface area contributed by atoms with Crippen LogP contribution in [0.15, 0.2) is 11.4 Å². The molecule has 0 amide bonds. The van der Waals surface area contributed by atoms with E-state index in [-0.39, 0.29) is 0 Å². The van der Waals surface area contributed by atoms with Crippen LogP contribution in [0.3, 0.4) is 0 Å². The Kier molecular flexibility index (Phi) is 4.28. The third-order valence-corrected chi connectivity index (χ3v) is 3.20. The highest BCUT2D eigenvalue weighted by atomic mass is 32.1. The highest BCUT2D eigenvalue weighted by Gasteiger charge is 2.07. The molecule has 2 rings (SSSR count). The Hall–Kier alpha value is -1.20. The summed E-state index contributed by atoms with van der Waals surface area (Å²) in [5.74, 6) is 1.79. The van der Waals surface area contributed by atoms with Crippen molar-refractivity contribution >= 4 is 27.4 Å². The van der Waals surface area contributed by atoms with Gasteiger partial charge in [-0.1, -0.05) is 0 Å². The van der Waals surface area contributed by atoms with E-state index in [9.17, 15) is 0 Å². The second-order valence-corrected chi connectivity index (χ2v) is 4.50. The zero-order valence-electron chi connectivity index (χ0n) is 10.2. The van der Waals surface area contributed by atoms with Crippen molar-refractivity contribution in [1.29, 1.82) is 0 Å². The van der Waals surface area contributed by atoms with Gasteiger partial charge in [0, 0.05) is 19.6 Å². The number of nitrogens with zero attached hydrogens (tertiary/aromatic N) is 2. The number of ether oxygens (including phenoxy) is 1. The molecule has 0 atom stereocenters. The Bertz CT molecular complexity index is 484. The summed E-state index contributed by atoms with van der Waals surface area (Å²) in [6, 6.07) is 2.06. The third-order valence-electron chi connectivity index (χ3n) is 2.39. The average molecular weight is 251 g/mol. The van der Waals surface area contributed by atoms with Gasteiger partial charge in [0.05, 0.1) is 12.0 Å². The van der Waals surface area contributed by atoms with Crippen molar-refractivity contribution in [3.8, 4) is 0 Å². The Labute approximate surface area is 105 Å². The first-order valence-corrected chi connectivity index (χ1v) is 6.78. The predicted octanol–water partition coefficient (Wildman–Crippen LogP) is 2.70. The van der Waals surface area contributed by atoms with Crippen LogP contribution in [-0.2, 0) is 11.2 Å². The van der Waals surface area contributed by atoms with Crippen molar-refractivity contribution in [3.05, 3.63) is 17.3 Å². The minimum Gasteiger partial charge on any atom is -0.381 e. The lowest BCUT2D eigenvalue weighted by atomic mass is 10.3. The molecule has 0 spiro atoms. The van der Waals surface area contributed by atoms with Crippen LogP contribution in [0.2, 0.25) is 0 Å². The average Bonchev–Trinajstić information content (AvgIpc) is 2.78. The quantitative estimate of drug-likeness (QED) is 0.802. The molecule has 2 heterocycles. The molecule has 92 valence electrons. The van der Waals surface area contributed by atoms with E-state index in [4.69, 9.17) is 4.74 Å². The van der Waals surface area contributed by atoms with Crippen molar-refractivity contribution < 1.29 is 4.74 Å². The number of aromatic nitrogens is 2. The molecule has 0 saturated heterocycles. The second kappa shape index (κ2) is 5.93. The van der Waals surface area contributed by atoms with Crippen LogP contribution in [0.25, 0.3) is 10.2 Å². The van der Waals surface area contributed by atoms with Gasteiger partial charge in [-0.05, 0) is 25.3 Å². The van der Waals surface area contributed by atoms with Gasteiger partial charge in [0.25, 0.3) is 0 Å². The largest absolute Gasteiger partial charge is 0.381 e. The van der Waals surface area contributed by atoms with Crippen LogP contribution < -0.4 is 5.32 Å². The molecule has 0 aliphatic carbocycles. The van der Waals surface area contributed by atoms with Gasteiger partial charge in [-0.15, -0.1) is 11.3 Å². The lowest BCUT2D eigenvalue weighted by Gasteiger charge is -2.07. The van der Waals surface area contributed by atoms with Gasteiger partial charge >= 0.3 is 0 Å². The molecule has 2 aromatic rings. The monoisotopic (exact) mass is 251 g/mol. The van der Waals surface area contributed by atoms with E-state index in [1.807, 2.05) is 12.3 Å². The van der Waals surface area contributed by atoms with Gasteiger partial charge in [-0.25, -0.2) is 9.97 Å². The molecule has 0 unspecified atom stereocenters. The molecule has 5 heteroatoms. The second-order valence-electron chi connectivity index (χ2n) is 3.61. The minimum atomic E-state index is 0.680. The minimum absolute atomic E-state index is 0.680. The highest BCUT2D eigenvalue weighted by Crippen LogP contribution is 2.24. The number of hydrogen-bond acceptors (Lipinski definition) is 5. The van der Waals surface area contributed by atoms with E-state index in [1.54, 1.807) is 11.3 Å². The highest BCUT2D eigenvalue weighted by molar-refractivity contribution is 7.16. The Morgan fingerprint density at radius 1 is 1.35 bits per heavy atom. The van der Waals surface area contributed by atoms with E-state index >= 15 is 0 Å². The number of rotatable bonds is 6. The summed E-state index contributed by atoms with van der Waals surface area (Å²) in [7, 11) is 0. The van der Waals surface area contributed by atoms with E-state index in [0.717, 1.165) is 41.4 Å². The molecular formula is C12H17N3OS. The van der Waals surface area contributed by atoms with Gasteiger partial charge in [0.1, 0.15) is 16.5 Å². The zero-order valence-corrected chi connectivity index (χ0v) is 11.0. The van der Waals surface area contributed by atoms with Gasteiger partial charge in [-0.3, -0.25) is 0 Å². The lowest BCUT2D eigenvalue weighted by Crippen LogP contribution is -2.06. The van der Waals surface area contributed by atoms with E-state index in [2.05, 4.69) is 28.3 Å². The van der Waals surface area contributed by atoms with Crippen molar-refractivity contribution in [2.24, 2.45) is 0 Å². The summed E-state index contributed by atoms with van der Waals surface area (Å²) in [5, 5.41) is 6.44. The van der Waals surface area contributed by atoms with E-state index in [0.29, 0.717) is 6.61 Å². The first-order valence-electron chi connectivity index (χ1n) is 5.90. The molecule has 0 fully saturated rings. The topological polar surface area (TPSA) is 47.0 Å². The van der Waals surface area contributed by atoms with Crippen LogP contribution in [0.4, 0.5) is 5.82 Å². The van der Waals surface area contributed by atoms with Crippen LogP contribution >= 0.6 is 11.3 Å². The molecule has 2 aromatic heterocycles. The summed E-state index contributed by atoms with van der Waals surface area (Å²) in [6.07, 6.45) is 0.764. The van der Waals surface area contributed by atoms with Gasteiger partial charge in [0.2, 0.25) is 0 Å². The zero-order chi connectivity index (χ0) is 12.1. The van der Waals surface area contributed by atoms with Crippen LogP contribution in [0, 0.1) is 0 Å². The summed E-state index contributed by atoms with van der Waals surface area (Å²) in [6.45, 7) is 6.35. The molecule has 0 bridgehead atoms. The van der Waals surface area contributed by atoms with E-state index < -0.39 is 0 Å². The number of nitrogens with one attached hydrogen (secondary N) is 1. The molecule has 0 aliphatic heterocycles. The molecule has 4 nitrogen and oxygen atoms in total. The molecule has 0 aromatic carbocycles. The van der Waals surface area contributed by atoms with Crippen molar-refractivity contribution in [3.63, 3.8) is 0 Å². The lowest BCUT2D eigenvalue weighted by molar-refractivity contribution is 0.149. The number of fused-ring (bicyclic) bond motifs is 1. The molecule has 0 radical (unpaired) electrons. The molecule has 0 saturated carbocycles. The van der Waals surface area contributed by atoms with Gasteiger partial charge < -0.3 is 10.1 Å². The van der Waals surface area contributed by atoms with Crippen molar-refractivity contribution in [2.45, 2.75) is 20.3 Å². The smallest absolute Gasteiger partial charge is 0.138 e. The Morgan fingerprint density at radius 2 is 2.24 bits per heavy atom. The fourth-order valence-corrected chi connectivity index (χ4v) is 2.40. The van der Waals surface area contributed by atoms with E-state index in [1.165, 1.54) is 0 Å². The fraction of sp³-hybridized carbons (Fsp3) is 0.500. The van der Waals surface area contributed by atoms with Crippen molar-refractivity contribution in [1.82, 2.24) is 9.97 Å². The molecule has 1 N–H and O–H groups in total. The number of thiophene rings is 1. The first-order chi connectivity index (χ1) is 8.35. The fourth-order valence-electron chi connectivity index (χ4n) is 1.62. The summed E-state index contributed by atoms with van der Waals surface area (Å²) in [4.78, 5) is 10.1. The van der Waals surface area contributed by atoms with Gasteiger partial charge in [-0.2, -0.15) is 0 Å². The normalized spacial score (nSPS) is 10.9. The molecule has 17 heavy (non-hydrogen) atoms. The standard InChI is InChI=1S/C12H17N3OS/c1-3-13-11-9-6-8-17-12(9)15-10(14-11)5-7-16-4-2/h6,8H,3-5,7H2,1-2H3,(H,13,14,15). The first kappa shape index (κ1) is 12.3. The number of anilines is 1. The third kappa shape index (κ3) is 2.92. The maximum Gasteiger partial charge on any atom is 0.138 e. The predicted molar refractivity (Wildman–Crippen MR) is 71.8 cm³/mol. The summed E-state index contributed by atoms with van der Waals surface area (Å²) >= 11 is 1.65. The maximum absolute atomic E-state index is 5.33. The number of hydrogen-bond donors (Lipinski definition) is 1. The summed E-state index contributed by atoms with van der Waals surface area (Å²) < 4.78 is 5.33. The molecule has 0 aliphatic rings. The van der Waals surface area contributed by atoms with Crippen LogP contribution in [-0.4, -0.2) is 29.7 Å².